The molecule has 2 N–H and O–H groups in total. The van der Waals surface area contributed by atoms with E-state index in [1.165, 1.54) is 18.4 Å². The van der Waals surface area contributed by atoms with Crippen molar-refractivity contribution in [3.8, 4) is 0 Å². The van der Waals surface area contributed by atoms with Gasteiger partial charge in [-0.3, -0.25) is 10.1 Å². The minimum Gasteiger partial charge on any atom is -0.342 e. The van der Waals surface area contributed by atoms with Gasteiger partial charge in [-0.25, -0.2) is 9.78 Å². The van der Waals surface area contributed by atoms with Crippen molar-refractivity contribution in [3.63, 3.8) is 0 Å². The van der Waals surface area contributed by atoms with Crippen LogP contribution in [0.1, 0.15) is 49.7 Å². The van der Waals surface area contributed by atoms with Gasteiger partial charge in [0.05, 0.1) is 0 Å². The summed E-state index contributed by atoms with van der Waals surface area (Å²) >= 11 is 6.35. The monoisotopic (exact) mass is 452 g/mol. The molecule has 0 unspecified atom stereocenters. The third kappa shape index (κ3) is 5.49. The molecule has 0 bridgehead atoms. The number of urea groups is 1. The molecule has 1 aromatic heterocycles. The van der Waals surface area contributed by atoms with Crippen LogP contribution in [0.25, 0.3) is 6.08 Å². The molecule has 1 aliphatic carbocycles. The summed E-state index contributed by atoms with van der Waals surface area (Å²) in [6, 6.07) is 8.63. The van der Waals surface area contributed by atoms with Gasteiger partial charge in [0.2, 0.25) is 5.91 Å². The molecule has 2 heterocycles. The van der Waals surface area contributed by atoms with Gasteiger partial charge in [-0.05, 0) is 68.0 Å². The smallest absolute Gasteiger partial charge is 0.324 e. The molecule has 32 heavy (non-hydrogen) atoms. The Bertz CT molecular complexity index is 1010. The number of anilines is 2. The van der Waals surface area contributed by atoms with Crippen LogP contribution in [0.2, 0.25) is 5.02 Å². The summed E-state index contributed by atoms with van der Waals surface area (Å²) in [5.74, 6) is 1.05. The van der Waals surface area contributed by atoms with Crippen LogP contribution < -0.4 is 10.6 Å². The van der Waals surface area contributed by atoms with Crippen molar-refractivity contribution in [2.75, 3.05) is 23.7 Å². The van der Waals surface area contributed by atoms with Crippen LogP contribution in [-0.2, 0) is 4.79 Å². The van der Waals surface area contributed by atoms with E-state index in [0.29, 0.717) is 22.4 Å². The quantitative estimate of drug-likeness (QED) is 0.607. The van der Waals surface area contributed by atoms with E-state index in [1.54, 1.807) is 24.4 Å². The molecule has 2 aliphatic rings. The van der Waals surface area contributed by atoms with Crippen molar-refractivity contribution in [2.24, 2.45) is 5.92 Å². The first-order valence-electron chi connectivity index (χ1n) is 11.3. The number of hydrogen-bond acceptors (Lipinski definition) is 3. The summed E-state index contributed by atoms with van der Waals surface area (Å²) in [7, 11) is 0. The van der Waals surface area contributed by atoms with E-state index in [0.717, 1.165) is 49.9 Å². The molecule has 1 aromatic carbocycles. The minimum absolute atomic E-state index is 0.238. The van der Waals surface area contributed by atoms with E-state index in [-0.39, 0.29) is 11.9 Å². The number of benzene rings is 1. The van der Waals surface area contributed by atoms with Crippen LogP contribution in [0.15, 0.2) is 42.1 Å². The number of aromatic nitrogens is 1. The Morgan fingerprint density at radius 3 is 2.56 bits per heavy atom. The molecule has 1 saturated heterocycles. The van der Waals surface area contributed by atoms with Gasteiger partial charge < -0.3 is 10.2 Å². The molecule has 7 heteroatoms. The van der Waals surface area contributed by atoms with Crippen LogP contribution in [0.4, 0.5) is 16.3 Å². The number of rotatable bonds is 4. The van der Waals surface area contributed by atoms with Crippen LogP contribution >= 0.6 is 11.6 Å². The summed E-state index contributed by atoms with van der Waals surface area (Å²) < 4.78 is 0. The fraction of sp³-hybridized carbons (Fsp3) is 0.400. The molecule has 0 spiro atoms. The second kappa shape index (κ2) is 10.2. The Morgan fingerprint density at radius 1 is 1.12 bits per heavy atom. The average molecular weight is 453 g/mol. The summed E-state index contributed by atoms with van der Waals surface area (Å²) in [5.41, 5.74) is 3.89. The normalized spacial score (nSPS) is 16.7. The summed E-state index contributed by atoms with van der Waals surface area (Å²) in [5, 5.41) is 6.15. The lowest BCUT2D eigenvalue weighted by molar-refractivity contribution is -0.135. The predicted molar refractivity (Wildman–Crippen MR) is 129 cm³/mol. The highest BCUT2D eigenvalue weighted by atomic mass is 35.5. The van der Waals surface area contributed by atoms with E-state index in [1.807, 2.05) is 24.0 Å². The molecule has 1 aliphatic heterocycles. The molecule has 0 radical (unpaired) electrons. The largest absolute Gasteiger partial charge is 0.342 e. The van der Waals surface area contributed by atoms with Gasteiger partial charge in [-0.2, -0.15) is 0 Å². The van der Waals surface area contributed by atoms with E-state index >= 15 is 0 Å². The van der Waals surface area contributed by atoms with Crippen LogP contribution in [0.3, 0.4) is 0 Å². The molecule has 3 amide bonds. The van der Waals surface area contributed by atoms with Gasteiger partial charge >= 0.3 is 6.03 Å². The van der Waals surface area contributed by atoms with E-state index in [9.17, 15) is 9.59 Å². The van der Waals surface area contributed by atoms with E-state index in [4.69, 9.17) is 11.6 Å². The number of hydrogen-bond donors (Lipinski definition) is 2. The first-order valence-corrected chi connectivity index (χ1v) is 11.6. The topological polar surface area (TPSA) is 74.3 Å². The predicted octanol–water partition coefficient (Wildman–Crippen LogP) is 5.88. The fourth-order valence-electron chi connectivity index (χ4n) is 4.50. The van der Waals surface area contributed by atoms with Gasteiger partial charge in [-0.15, -0.1) is 0 Å². The number of likely N-dealkylation sites (tertiary alicyclic amines) is 1. The second-order valence-corrected chi connectivity index (χ2v) is 9.01. The number of amides is 3. The Morgan fingerprint density at radius 2 is 1.88 bits per heavy atom. The van der Waals surface area contributed by atoms with Crippen molar-refractivity contribution in [1.82, 2.24) is 9.88 Å². The van der Waals surface area contributed by atoms with Crippen LogP contribution in [0.5, 0.6) is 0 Å². The maximum absolute atomic E-state index is 12.7. The number of carbonyl (C=O) groups excluding carboxylic acids is 2. The van der Waals surface area contributed by atoms with Crippen LogP contribution in [0, 0.1) is 12.8 Å². The van der Waals surface area contributed by atoms with Crippen molar-refractivity contribution in [1.29, 1.82) is 0 Å². The molecule has 1 saturated carbocycles. The van der Waals surface area contributed by atoms with Gasteiger partial charge in [0, 0.05) is 35.9 Å². The second-order valence-electron chi connectivity index (χ2n) is 8.57. The first-order chi connectivity index (χ1) is 15.5. The summed E-state index contributed by atoms with van der Waals surface area (Å²) in [6.07, 6.45) is 9.96. The number of carbonyl (C=O) groups is 2. The average Bonchev–Trinajstić information content (AvgIpc) is 3.32. The third-order valence-electron chi connectivity index (χ3n) is 6.35. The standard InChI is InChI=1S/C25H29ClN4O2/c1-17-20(14-18-9-12-30(13-10-18)24(31)19-6-2-3-7-19)15-21(26)16-22(17)28-25(32)29-23-8-4-5-11-27-23/h4-5,8,11,14-16,19H,2-3,6-7,9-10,12-13H2,1H3,(H2,27,28,29,32). The molecule has 4 rings (SSSR count). The lowest BCUT2D eigenvalue weighted by atomic mass is 9.97. The molecule has 168 valence electrons. The zero-order valence-corrected chi connectivity index (χ0v) is 19.1. The highest BCUT2D eigenvalue weighted by Gasteiger charge is 2.28. The number of pyridine rings is 1. The molecule has 2 fully saturated rings. The number of nitrogens with one attached hydrogen (secondary N) is 2. The Balaban J connectivity index is 1.41. The third-order valence-corrected chi connectivity index (χ3v) is 6.57. The van der Waals surface area contributed by atoms with Crippen molar-refractivity contribution in [3.05, 3.63) is 58.3 Å². The Kier molecular flexibility index (Phi) is 7.10. The van der Waals surface area contributed by atoms with E-state index in [2.05, 4.69) is 21.7 Å². The molecule has 0 atom stereocenters. The Hall–Kier alpha value is -2.86. The SMILES string of the molecule is Cc1c(C=C2CCN(C(=O)C3CCCC3)CC2)cc(Cl)cc1NC(=O)Nc1ccccn1. The maximum Gasteiger partial charge on any atom is 0.324 e. The fourth-order valence-corrected chi connectivity index (χ4v) is 4.72. The van der Waals surface area contributed by atoms with Gasteiger partial charge in [0.25, 0.3) is 0 Å². The Labute approximate surface area is 194 Å². The zero-order valence-electron chi connectivity index (χ0n) is 18.4. The number of nitrogens with zero attached hydrogens (tertiary/aromatic N) is 2. The lowest BCUT2D eigenvalue weighted by Crippen LogP contribution is -2.39. The first kappa shape index (κ1) is 22.3. The van der Waals surface area contributed by atoms with Gasteiger partial charge in [0.15, 0.2) is 0 Å². The van der Waals surface area contributed by atoms with Crippen molar-refractivity contribution >= 4 is 41.1 Å². The molecule has 6 nitrogen and oxygen atoms in total. The van der Waals surface area contributed by atoms with E-state index < -0.39 is 0 Å². The number of halogens is 1. The summed E-state index contributed by atoms with van der Waals surface area (Å²) in [4.78, 5) is 31.2. The highest BCUT2D eigenvalue weighted by molar-refractivity contribution is 6.31. The summed E-state index contributed by atoms with van der Waals surface area (Å²) in [6.45, 7) is 3.52. The molecular formula is C25H29ClN4O2. The molecule has 2 aromatic rings. The van der Waals surface area contributed by atoms with Gasteiger partial charge in [0.1, 0.15) is 5.82 Å². The van der Waals surface area contributed by atoms with Crippen LogP contribution in [-0.4, -0.2) is 34.9 Å². The number of piperidine rings is 1. The maximum atomic E-state index is 12.7. The molecular weight excluding hydrogens is 424 g/mol. The zero-order chi connectivity index (χ0) is 22.5. The van der Waals surface area contributed by atoms with Crippen molar-refractivity contribution < 1.29 is 9.59 Å². The lowest BCUT2D eigenvalue weighted by Gasteiger charge is -2.30. The van der Waals surface area contributed by atoms with Crippen molar-refractivity contribution in [2.45, 2.75) is 45.4 Å². The highest BCUT2D eigenvalue weighted by Crippen LogP contribution is 2.31. The minimum atomic E-state index is -0.369. The van der Waals surface area contributed by atoms with Gasteiger partial charge in [-0.1, -0.05) is 42.2 Å².